The summed E-state index contributed by atoms with van der Waals surface area (Å²) >= 11 is 0. The van der Waals surface area contributed by atoms with E-state index in [-0.39, 0.29) is 11.9 Å². The van der Waals surface area contributed by atoms with Crippen molar-refractivity contribution in [1.29, 1.82) is 0 Å². The zero-order valence-electron chi connectivity index (χ0n) is 13.2. The smallest absolute Gasteiger partial charge is 0.341 e. The minimum Gasteiger partial charge on any atom is -0.482 e. The average molecular weight is 317 g/mol. The molecule has 0 bridgehead atoms. The molecule has 0 unspecified atom stereocenters. The number of rotatable bonds is 6. The number of nitrogens with zero attached hydrogens (tertiary/aromatic N) is 2. The van der Waals surface area contributed by atoms with E-state index >= 15 is 0 Å². The van der Waals surface area contributed by atoms with Crippen LogP contribution in [0.3, 0.4) is 0 Å². The second-order valence-corrected chi connectivity index (χ2v) is 5.37. The van der Waals surface area contributed by atoms with Crippen molar-refractivity contribution in [2.24, 2.45) is 0 Å². The lowest BCUT2D eigenvalue weighted by atomic mass is 10.2. The molecule has 0 saturated carbocycles. The first-order chi connectivity index (χ1) is 10.9. The number of carboxylic acid groups (broad SMARTS) is 1. The summed E-state index contributed by atoms with van der Waals surface area (Å²) in [5.41, 5.74) is 1.32. The van der Waals surface area contributed by atoms with E-state index in [1.165, 1.54) is 6.07 Å². The Hall–Kier alpha value is -2.83. The molecule has 23 heavy (non-hydrogen) atoms. The van der Waals surface area contributed by atoms with Gasteiger partial charge in [0, 0.05) is 23.4 Å². The summed E-state index contributed by atoms with van der Waals surface area (Å²) in [5, 5.41) is 15.7. The van der Waals surface area contributed by atoms with Gasteiger partial charge >= 0.3 is 5.97 Å². The second-order valence-electron chi connectivity index (χ2n) is 5.37. The van der Waals surface area contributed by atoms with Gasteiger partial charge in [0.25, 0.3) is 5.91 Å². The Labute approximate surface area is 133 Å². The Morgan fingerprint density at radius 1 is 1.35 bits per heavy atom. The molecule has 0 radical (unpaired) electrons. The van der Waals surface area contributed by atoms with Crippen LogP contribution < -0.4 is 10.1 Å². The molecule has 0 aliphatic carbocycles. The first-order valence-electron chi connectivity index (χ1n) is 7.19. The Morgan fingerprint density at radius 2 is 2.09 bits per heavy atom. The highest BCUT2D eigenvalue weighted by Gasteiger charge is 2.12. The molecule has 2 rings (SSSR count). The monoisotopic (exact) mass is 317 g/mol. The van der Waals surface area contributed by atoms with E-state index in [4.69, 9.17) is 9.84 Å². The van der Waals surface area contributed by atoms with Crippen LogP contribution in [-0.2, 0) is 4.79 Å². The van der Waals surface area contributed by atoms with E-state index < -0.39 is 12.6 Å². The fourth-order valence-electron chi connectivity index (χ4n) is 2.13. The number of anilines is 1. The van der Waals surface area contributed by atoms with E-state index in [1.54, 1.807) is 24.3 Å². The van der Waals surface area contributed by atoms with Crippen molar-refractivity contribution in [1.82, 2.24) is 9.78 Å². The van der Waals surface area contributed by atoms with Crippen molar-refractivity contribution < 1.29 is 19.4 Å². The van der Waals surface area contributed by atoms with Crippen molar-refractivity contribution in [3.63, 3.8) is 0 Å². The summed E-state index contributed by atoms with van der Waals surface area (Å²) in [4.78, 5) is 22.8. The van der Waals surface area contributed by atoms with Crippen LogP contribution in [0.25, 0.3) is 0 Å². The zero-order chi connectivity index (χ0) is 17.0. The van der Waals surface area contributed by atoms with Gasteiger partial charge in [0.1, 0.15) is 5.75 Å². The van der Waals surface area contributed by atoms with Crippen LogP contribution in [0.15, 0.2) is 30.3 Å². The van der Waals surface area contributed by atoms with Crippen LogP contribution in [0.2, 0.25) is 0 Å². The van der Waals surface area contributed by atoms with Gasteiger partial charge in [0.15, 0.2) is 12.4 Å². The number of nitrogens with one attached hydrogen (secondary N) is 1. The molecule has 122 valence electrons. The summed E-state index contributed by atoms with van der Waals surface area (Å²) < 4.78 is 6.89. The summed E-state index contributed by atoms with van der Waals surface area (Å²) in [6, 6.07) is 8.33. The molecule has 1 heterocycles. The molecule has 1 aromatic heterocycles. The first-order valence-corrected chi connectivity index (χ1v) is 7.19. The predicted molar refractivity (Wildman–Crippen MR) is 84.9 cm³/mol. The fourth-order valence-corrected chi connectivity index (χ4v) is 2.13. The maximum Gasteiger partial charge on any atom is 0.341 e. The van der Waals surface area contributed by atoms with Crippen LogP contribution in [-0.4, -0.2) is 33.4 Å². The molecule has 2 aromatic rings. The standard InChI is InChI=1S/C16H19N3O4/c1-10(2)19-11(3)7-14(18-19)17-16(22)12-5-4-6-13(8-12)23-9-15(20)21/h4-8,10H,9H2,1-3H3,(H,20,21)(H,17,18,22). The maximum atomic E-state index is 12.3. The summed E-state index contributed by atoms with van der Waals surface area (Å²) in [6.45, 7) is 5.48. The highest BCUT2D eigenvalue weighted by molar-refractivity contribution is 6.04. The topological polar surface area (TPSA) is 93.4 Å². The molecule has 0 atom stereocenters. The number of hydrogen-bond acceptors (Lipinski definition) is 4. The third kappa shape index (κ3) is 4.32. The highest BCUT2D eigenvalue weighted by atomic mass is 16.5. The molecule has 0 saturated heterocycles. The van der Waals surface area contributed by atoms with Crippen LogP contribution in [0.1, 0.15) is 35.9 Å². The van der Waals surface area contributed by atoms with Gasteiger partial charge < -0.3 is 15.2 Å². The van der Waals surface area contributed by atoms with Crippen molar-refractivity contribution in [2.45, 2.75) is 26.8 Å². The van der Waals surface area contributed by atoms with Crippen LogP contribution in [0.4, 0.5) is 5.82 Å². The normalized spacial score (nSPS) is 10.6. The molecule has 0 fully saturated rings. The van der Waals surface area contributed by atoms with Crippen molar-refractivity contribution >= 4 is 17.7 Å². The van der Waals surface area contributed by atoms with Gasteiger partial charge in [0.2, 0.25) is 0 Å². The summed E-state index contributed by atoms with van der Waals surface area (Å²) in [5.74, 6) is -0.615. The van der Waals surface area contributed by atoms with E-state index in [9.17, 15) is 9.59 Å². The minimum absolute atomic E-state index is 0.202. The molecular formula is C16H19N3O4. The van der Waals surface area contributed by atoms with Gasteiger partial charge in [-0.05, 0) is 39.0 Å². The quantitative estimate of drug-likeness (QED) is 0.853. The Balaban J connectivity index is 2.10. The molecule has 0 spiro atoms. The van der Waals surface area contributed by atoms with E-state index in [1.807, 2.05) is 25.5 Å². The second kappa shape index (κ2) is 6.95. The number of carbonyl (C=O) groups excluding carboxylic acids is 1. The maximum absolute atomic E-state index is 12.3. The summed E-state index contributed by atoms with van der Waals surface area (Å²) in [7, 11) is 0. The lowest BCUT2D eigenvalue weighted by Crippen LogP contribution is -2.14. The third-order valence-electron chi connectivity index (χ3n) is 3.11. The fraction of sp³-hybridized carbons (Fsp3) is 0.312. The molecule has 1 aromatic carbocycles. The van der Waals surface area contributed by atoms with Crippen LogP contribution in [0.5, 0.6) is 5.75 Å². The predicted octanol–water partition coefficient (Wildman–Crippen LogP) is 2.49. The van der Waals surface area contributed by atoms with Gasteiger partial charge in [-0.15, -0.1) is 0 Å². The number of ether oxygens (including phenoxy) is 1. The number of aliphatic carboxylic acids is 1. The summed E-state index contributed by atoms with van der Waals surface area (Å²) in [6.07, 6.45) is 0. The molecule has 1 amide bonds. The van der Waals surface area contributed by atoms with Gasteiger partial charge in [-0.1, -0.05) is 6.07 Å². The van der Waals surface area contributed by atoms with Crippen molar-refractivity contribution in [2.75, 3.05) is 11.9 Å². The number of benzene rings is 1. The average Bonchev–Trinajstić information content (AvgIpc) is 2.86. The molecule has 0 aliphatic heterocycles. The SMILES string of the molecule is Cc1cc(NC(=O)c2cccc(OCC(=O)O)c2)nn1C(C)C. The van der Waals surface area contributed by atoms with Crippen molar-refractivity contribution in [3.8, 4) is 5.75 Å². The minimum atomic E-state index is -1.07. The number of amides is 1. The number of carboxylic acids is 1. The Bertz CT molecular complexity index is 722. The van der Waals surface area contributed by atoms with Gasteiger partial charge in [-0.2, -0.15) is 5.10 Å². The number of aryl methyl sites for hydroxylation is 1. The zero-order valence-corrected chi connectivity index (χ0v) is 13.2. The molecule has 7 heteroatoms. The molecular weight excluding hydrogens is 298 g/mol. The highest BCUT2D eigenvalue weighted by Crippen LogP contribution is 2.17. The van der Waals surface area contributed by atoms with Gasteiger partial charge in [-0.3, -0.25) is 9.48 Å². The Kier molecular flexibility index (Phi) is 5.00. The van der Waals surface area contributed by atoms with Gasteiger partial charge in [-0.25, -0.2) is 4.79 Å². The van der Waals surface area contributed by atoms with E-state index in [0.29, 0.717) is 17.1 Å². The van der Waals surface area contributed by atoms with E-state index in [0.717, 1.165) is 5.69 Å². The Morgan fingerprint density at radius 3 is 2.70 bits per heavy atom. The molecule has 7 nitrogen and oxygen atoms in total. The number of hydrogen-bond donors (Lipinski definition) is 2. The number of carbonyl (C=O) groups is 2. The van der Waals surface area contributed by atoms with Crippen LogP contribution >= 0.6 is 0 Å². The van der Waals surface area contributed by atoms with Gasteiger partial charge in [0.05, 0.1) is 0 Å². The van der Waals surface area contributed by atoms with Crippen molar-refractivity contribution in [3.05, 3.63) is 41.6 Å². The molecule has 2 N–H and O–H groups in total. The largest absolute Gasteiger partial charge is 0.482 e. The van der Waals surface area contributed by atoms with E-state index in [2.05, 4.69) is 10.4 Å². The lowest BCUT2D eigenvalue weighted by molar-refractivity contribution is -0.139. The lowest BCUT2D eigenvalue weighted by Gasteiger charge is -2.07. The molecule has 0 aliphatic rings. The third-order valence-corrected chi connectivity index (χ3v) is 3.11. The van der Waals surface area contributed by atoms with Crippen LogP contribution in [0, 0.1) is 6.92 Å². The first kappa shape index (κ1) is 16.5. The number of aromatic nitrogens is 2.